The number of hydrogen-bond acceptors (Lipinski definition) is 4. The van der Waals surface area contributed by atoms with Crippen molar-refractivity contribution in [3.63, 3.8) is 0 Å². The van der Waals surface area contributed by atoms with Crippen LogP contribution in [0.4, 0.5) is 23.2 Å². The molecule has 2 unspecified atom stereocenters. The van der Waals surface area contributed by atoms with Crippen molar-refractivity contribution >= 4 is 34.0 Å². The number of alkyl halides is 4. The highest BCUT2D eigenvalue weighted by molar-refractivity contribution is 6.01. The Hall–Kier alpha value is -3.36. The maximum absolute atomic E-state index is 14.6. The zero-order chi connectivity index (χ0) is 28.2. The van der Waals surface area contributed by atoms with E-state index in [-0.39, 0.29) is 35.1 Å². The summed E-state index contributed by atoms with van der Waals surface area (Å²) >= 11 is 0. The lowest BCUT2D eigenvalue weighted by Crippen LogP contribution is -2.33. The fourth-order valence-corrected chi connectivity index (χ4v) is 4.71. The van der Waals surface area contributed by atoms with Crippen molar-refractivity contribution in [1.82, 2.24) is 15.6 Å². The van der Waals surface area contributed by atoms with E-state index in [0.717, 1.165) is 25.7 Å². The molecule has 0 radical (unpaired) electrons. The van der Waals surface area contributed by atoms with Crippen molar-refractivity contribution in [2.75, 3.05) is 11.9 Å². The van der Waals surface area contributed by atoms with Gasteiger partial charge >= 0.3 is 6.18 Å². The Kier molecular flexibility index (Phi) is 8.97. The molecule has 4 rings (SSSR count). The first kappa shape index (κ1) is 28.6. The summed E-state index contributed by atoms with van der Waals surface area (Å²) in [6, 6.07) is 6.65. The molecule has 0 spiro atoms. The minimum absolute atomic E-state index is 0.0253. The summed E-state index contributed by atoms with van der Waals surface area (Å²) < 4.78 is 55.6. The molecule has 1 aromatic heterocycles. The van der Waals surface area contributed by atoms with Crippen molar-refractivity contribution in [1.29, 1.82) is 0 Å². The van der Waals surface area contributed by atoms with Gasteiger partial charge in [0, 0.05) is 40.8 Å². The largest absolute Gasteiger partial charge is 0.417 e. The number of nitrogens with one attached hydrogen (secondary N) is 3. The first-order valence-corrected chi connectivity index (χ1v) is 13.6. The van der Waals surface area contributed by atoms with Gasteiger partial charge in [-0.2, -0.15) is 13.2 Å². The normalized spacial score (nSPS) is 20.4. The number of fused-ring (bicyclic) bond motifs is 1. The van der Waals surface area contributed by atoms with Crippen molar-refractivity contribution in [3.05, 3.63) is 60.1 Å². The van der Waals surface area contributed by atoms with E-state index < -0.39 is 24.0 Å². The number of anilines is 1. The number of benzene rings is 1. The van der Waals surface area contributed by atoms with Crippen LogP contribution in [0.5, 0.6) is 0 Å². The van der Waals surface area contributed by atoms with Gasteiger partial charge in [0.2, 0.25) is 5.91 Å². The van der Waals surface area contributed by atoms with Gasteiger partial charge < -0.3 is 16.0 Å². The van der Waals surface area contributed by atoms with E-state index in [0.29, 0.717) is 35.5 Å². The third kappa shape index (κ3) is 7.40. The molecule has 2 aliphatic carbocycles. The topological polar surface area (TPSA) is 66.0 Å². The van der Waals surface area contributed by atoms with Crippen LogP contribution in [-0.2, 0) is 4.79 Å². The average molecular weight is 545 g/mol. The summed E-state index contributed by atoms with van der Waals surface area (Å²) in [4.78, 5) is 16.9. The third-order valence-electron chi connectivity index (χ3n) is 7.15. The van der Waals surface area contributed by atoms with Gasteiger partial charge in [-0.3, -0.25) is 4.79 Å². The maximum Gasteiger partial charge on any atom is 0.417 e. The Balaban J connectivity index is 1.58. The first-order chi connectivity index (χ1) is 18.5. The molecule has 2 aromatic rings. The molecular weight excluding hydrogens is 508 g/mol. The number of nitrogens with zero attached hydrogens (tertiary/aromatic N) is 1. The highest BCUT2D eigenvalue weighted by Crippen LogP contribution is 2.38. The highest BCUT2D eigenvalue weighted by atomic mass is 19.4. The van der Waals surface area contributed by atoms with Gasteiger partial charge in [0.1, 0.15) is 6.17 Å². The van der Waals surface area contributed by atoms with Crippen molar-refractivity contribution in [3.8, 4) is 0 Å². The SMILES string of the molecule is C=C(c1nc(/C=C/CNC(=O)/C(=C/NC2CC2)C(C)C)cc2c(NC3CCCCC3F)cccc12)C(F)(F)F. The van der Waals surface area contributed by atoms with Crippen LogP contribution in [0, 0.1) is 5.92 Å². The Morgan fingerprint density at radius 3 is 2.56 bits per heavy atom. The van der Waals surface area contributed by atoms with Crippen molar-refractivity contribution in [2.24, 2.45) is 5.92 Å². The van der Waals surface area contributed by atoms with Crippen LogP contribution < -0.4 is 16.0 Å². The maximum atomic E-state index is 14.6. The molecule has 0 bridgehead atoms. The zero-order valence-electron chi connectivity index (χ0n) is 22.4. The molecule has 5 nitrogen and oxygen atoms in total. The molecule has 2 atom stereocenters. The Morgan fingerprint density at radius 1 is 1.15 bits per heavy atom. The highest BCUT2D eigenvalue weighted by Gasteiger charge is 2.35. The van der Waals surface area contributed by atoms with Crippen LogP contribution in [0.25, 0.3) is 22.4 Å². The fraction of sp³-hybridized carbons (Fsp3) is 0.467. The van der Waals surface area contributed by atoms with Gasteiger partial charge in [0.15, 0.2) is 0 Å². The molecule has 2 saturated carbocycles. The van der Waals surface area contributed by atoms with Gasteiger partial charge in [-0.25, -0.2) is 9.37 Å². The standard InChI is InChI=1S/C30H36F4N4O/c1-18(2)24(17-36-20-13-14-20)29(39)35-15-7-8-21-16-23-22(28(37-21)19(3)30(32,33)34)9-6-12-26(23)38-27-11-5-4-10-25(27)31/h6-9,12,16-18,20,25,27,36,38H,3-5,10-11,13-15H2,1-2H3,(H,35,39)/b8-7+,24-17+. The number of allylic oxidation sites excluding steroid dienone is 1. The van der Waals surface area contributed by atoms with Crippen LogP contribution in [0.15, 0.2) is 48.7 Å². The van der Waals surface area contributed by atoms with E-state index in [1.165, 1.54) is 0 Å². The van der Waals surface area contributed by atoms with Gasteiger partial charge in [-0.15, -0.1) is 0 Å². The summed E-state index contributed by atoms with van der Waals surface area (Å²) in [6.07, 6.45) is 4.33. The summed E-state index contributed by atoms with van der Waals surface area (Å²) in [6.45, 7) is 7.32. The van der Waals surface area contributed by atoms with Crippen LogP contribution >= 0.6 is 0 Å². The third-order valence-corrected chi connectivity index (χ3v) is 7.15. The molecule has 3 N–H and O–H groups in total. The second-order valence-electron chi connectivity index (χ2n) is 10.6. The minimum Gasteiger partial charge on any atom is -0.388 e. The number of amides is 1. The predicted molar refractivity (Wildman–Crippen MR) is 149 cm³/mol. The van der Waals surface area contributed by atoms with Gasteiger partial charge in [0.25, 0.3) is 0 Å². The number of rotatable bonds is 10. The molecule has 1 amide bonds. The lowest BCUT2D eigenvalue weighted by Gasteiger charge is -2.28. The van der Waals surface area contributed by atoms with Crippen LogP contribution in [0.3, 0.4) is 0 Å². The Bertz CT molecular complexity index is 1260. The van der Waals surface area contributed by atoms with Gasteiger partial charge in [-0.1, -0.05) is 51.5 Å². The molecule has 0 saturated heterocycles. The number of aromatic nitrogens is 1. The van der Waals surface area contributed by atoms with E-state index in [9.17, 15) is 22.4 Å². The predicted octanol–water partition coefficient (Wildman–Crippen LogP) is 6.92. The lowest BCUT2D eigenvalue weighted by atomic mass is 9.93. The van der Waals surface area contributed by atoms with E-state index in [4.69, 9.17) is 0 Å². The molecule has 9 heteroatoms. The summed E-state index contributed by atoms with van der Waals surface area (Å²) in [5.41, 5.74) is 0.140. The number of carbonyl (C=O) groups excluding carboxylic acids is 1. The number of pyridine rings is 1. The Morgan fingerprint density at radius 2 is 1.90 bits per heavy atom. The number of halogens is 4. The summed E-state index contributed by atoms with van der Waals surface area (Å²) in [5, 5.41) is 10.1. The monoisotopic (exact) mass is 544 g/mol. The molecule has 1 aromatic carbocycles. The number of carbonyl (C=O) groups is 1. The minimum atomic E-state index is -4.67. The molecule has 1 heterocycles. The van der Waals surface area contributed by atoms with Crippen molar-refractivity contribution in [2.45, 2.75) is 76.8 Å². The Labute approximate surface area is 226 Å². The quantitative estimate of drug-likeness (QED) is 0.224. The van der Waals surface area contributed by atoms with Crippen LogP contribution in [-0.4, -0.2) is 41.9 Å². The van der Waals surface area contributed by atoms with Gasteiger partial charge in [0.05, 0.1) is 23.0 Å². The fourth-order valence-electron chi connectivity index (χ4n) is 4.71. The number of hydrogen-bond donors (Lipinski definition) is 3. The summed E-state index contributed by atoms with van der Waals surface area (Å²) in [5.74, 6) is -0.183. The smallest absolute Gasteiger partial charge is 0.388 e. The molecule has 2 fully saturated rings. The average Bonchev–Trinajstić information content (AvgIpc) is 3.71. The first-order valence-electron chi connectivity index (χ1n) is 13.6. The second kappa shape index (κ2) is 12.2. The second-order valence-corrected chi connectivity index (χ2v) is 10.6. The lowest BCUT2D eigenvalue weighted by molar-refractivity contribution is -0.117. The summed E-state index contributed by atoms with van der Waals surface area (Å²) in [7, 11) is 0. The molecular formula is C30H36F4N4O. The van der Waals surface area contributed by atoms with E-state index in [2.05, 4.69) is 27.5 Å². The van der Waals surface area contributed by atoms with E-state index in [1.54, 1.807) is 42.6 Å². The van der Waals surface area contributed by atoms with Crippen LogP contribution in [0.1, 0.15) is 63.8 Å². The van der Waals surface area contributed by atoms with E-state index >= 15 is 0 Å². The van der Waals surface area contributed by atoms with Gasteiger partial charge in [-0.05, 0) is 49.8 Å². The molecule has 0 aliphatic heterocycles. The zero-order valence-corrected chi connectivity index (χ0v) is 22.4. The van der Waals surface area contributed by atoms with E-state index in [1.807, 2.05) is 13.8 Å². The van der Waals surface area contributed by atoms with Crippen LogP contribution in [0.2, 0.25) is 0 Å². The van der Waals surface area contributed by atoms with Crippen molar-refractivity contribution < 1.29 is 22.4 Å². The molecule has 210 valence electrons. The molecule has 39 heavy (non-hydrogen) atoms. The molecule has 2 aliphatic rings.